The van der Waals surface area contributed by atoms with Crippen LogP contribution in [0.1, 0.15) is 34.1 Å². The van der Waals surface area contributed by atoms with Crippen molar-refractivity contribution in [2.24, 2.45) is 0 Å². The number of rotatable bonds is 4. The Morgan fingerprint density at radius 2 is 2.05 bits per heavy atom. The minimum atomic E-state index is -0.347. The Bertz CT molecular complexity index is 421. The molecule has 1 aliphatic rings. The van der Waals surface area contributed by atoms with Crippen LogP contribution in [0.2, 0.25) is 0 Å². The highest BCUT2D eigenvalue weighted by Gasteiger charge is 2.29. The van der Waals surface area contributed by atoms with Gasteiger partial charge in [-0.2, -0.15) is 0 Å². The molecule has 1 N–H and O–H groups in total. The Morgan fingerprint density at radius 3 is 2.65 bits per heavy atom. The fourth-order valence-electron chi connectivity index (χ4n) is 2.14. The van der Waals surface area contributed by atoms with Crippen LogP contribution in [0.3, 0.4) is 0 Å². The number of hydrogen-bond donors (Lipinski definition) is 1. The third kappa shape index (κ3) is 5.17. The lowest BCUT2D eigenvalue weighted by Crippen LogP contribution is -2.42. The van der Waals surface area contributed by atoms with Crippen LogP contribution in [-0.2, 0) is 14.3 Å². The zero-order valence-corrected chi connectivity index (χ0v) is 12.7. The second kappa shape index (κ2) is 7.24. The molecule has 0 spiro atoms. The third-order valence-corrected chi connectivity index (χ3v) is 2.92. The van der Waals surface area contributed by atoms with E-state index in [9.17, 15) is 9.59 Å². The van der Waals surface area contributed by atoms with Gasteiger partial charge >= 0.3 is 0 Å². The monoisotopic (exact) mass is 280 g/mol. The Labute approximate surface area is 120 Å². The van der Waals surface area contributed by atoms with E-state index in [0.717, 1.165) is 12.0 Å². The van der Waals surface area contributed by atoms with Crippen LogP contribution < -0.4 is 5.32 Å². The lowest BCUT2D eigenvalue weighted by Gasteiger charge is -2.29. The molecule has 0 aromatic heterocycles. The molecular weight excluding hydrogens is 256 g/mol. The molecule has 1 rings (SSSR count). The van der Waals surface area contributed by atoms with Crippen LogP contribution in [0.25, 0.3) is 0 Å². The molecule has 0 aliphatic carbocycles. The van der Waals surface area contributed by atoms with Gasteiger partial charge in [0.25, 0.3) is 5.91 Å². The molecule has 0 saturated carbocycles. The molecule has 5 nitrogen and oxygen atoms in total. The minimum absolute atomic E-state index is 0.0841. The Balaban J connectivity index is 2.93. The minimum Gasteiger partial charge on any atom is -0.374 e. The SMILES string of the molecule is CC(C)=C/C(=C\NC=O)C(=O)N1CCCOC(C)(C)C1. The van der Waals surface area contributed by atoms with E-state index in [1.807, 2.05) is 27.7 Å². The van der Waals surface area contributed by atoms with Gasteiger partial charge in [0.1, 0.15) is 0 Å². The van der Waals surface area contributed by atoms with E-state index in [0.29, 0.717) is 31.7 Å². The molecular formula is C15H24N2O3. The number of carbonyl (C=O) groups is 2. The summed E-state index contributed by atoms with van der Waals surface area (Å²) in [6.07, 6.45) is 4.60. The lowest BCUT2D eigenvalue weighted by atomic mass is 10.1. The summed E-state index contributed by atoms with van der Waals surface area (Å²) in [6.45, 7) is 9.65. The van der Waals surface area contributed by atoms with E-state index in [4.69, 9.17) is 4.74 Å². The fourth-order valence-corrected chi connectivity index (χ4v) is 2.14. The summed E-state index contributed by atoms with van der Waals surface area (Å²) >= 11 is 0. The number of hydrogen-bond acceptors (Lipinski definition) is 3. The topological polar surface area (TPSA) is 58.6 Å². The first-order chi connectivity index (χ1) is 9.35. The molecule has 1 saturated heterocycles. The largest absolute Gasteiger partial charge is 0.374 e. The Kier molecular flexibility index (Phi) is 5.95. The molecule has 1 aliphatic heterocycles. The van der Waals surface area contributed by atoms with E-state index in [-0.39, 0.29) is 11.5 Å². The molecule has 0 radical (unpaired) electrons. The van der Waals surface area contributed by atoms with Gasteiger partial charge in [-0.25, -0.2) is 0 Å². The highest BCUT2D eigenvalue weighted by molar-refractivity contribution is 5.96. The normalized spacial score (nSPS) is 19.0. The third-order valence-electron chi connectivity index (χ3n) is 2.92. The van der Waals surface area contributed by atoms with E-state index in [1.165, 1.54) is 6.20 Å². The number of carbonyl (C=O) groups excluding carboxylic acids is 2. The van der Waals surface area contributed by atoms with Crippen LogP contribution >= 0.6 is 0 Å². The van der Waals surface area contributed by atoms with Crippen LogP contribution in [0.4, 0.5) is 0 Å². The molecule has 0 aromatic rings. The zero-order chi connectivity index (χ0) is 15.2. The summed E-state index contributed by atoms with van der Waals surface area (Å²) in [7, 11) is 0. The van der Waals surface area contributed by atoms with Crippen LogP contribution in [0, 0.1) is 0 Å². The molecule has 5 heteroatoms. The van der Waals surface area contributed by atoms with Crippen LogP contribution in [-0.4, -0.2) is 42.5 Å². The van der Waals surface area contributed by atoms with Crippen molar-refractivity contribution in [3.8, 4) is 0 Å². The first-order valence-electron chi connectivity index (χ1n) is 6.84. The zero-order valence-electron chi connectivity index (χ0n) is 12.7. The lowest BCUT2D eigenvalue weighted by molar-refractivity contribution is -0.129. The molecule has 0 unspecified atom stereocenters. The Morgan fingerprint density at radius 1 is 1.35 bits per heavy atom. The summed E-state index contributed by atoms with van der Waals surface area (Å²) in [5.74, 6) is -0.0841. The van der Waals surface area contributed by atoms with Crippen molar-refractivity contribution >= 4 is 12.3 Å². The van der Waals surface area contributed by atoms with Gasteiger partial charge < -0.3 is 15.0 Å². The summed E-state index contributed by atoms with van der Waals surface area (Å²) in [5, 5.41) is 2.44. The highest BCUT2D eigenvalue weighted by Crippen LogP contribution is 2.18. The molecule has 20 heavy (non-hydrogen) atoms. The number of nitrogens with zero attached hydrogens (tertiary/aromatic N) is 1. The van der Waals surface area contributed by atoms with Crippen molar-refractivity contribution in [2.45, 2.75) is 39.7 Å². The molecule has 0 atom stereocenters. The van der Waals surface area contributed by atoms with E-state index < -0.39 is 0 Å². The van der Waals surface area contributed by atoms with Crippen molar-refractivity contribution < 1.29 is 14.3 Å². The summed E-state index contributed by atoms with van der Waals surface area (Å²) in [4.78, 5) is 24.8. The maximum atomic E-state index is 12.6. The maximum Gasteiger partial charge on any atom is 0.255 e. The standard InChI is InChI=1S/C15H24N2O3/c1-12(2)8-13(9-16-11-18)14(19)17-6-5-7-20-15(3,4)10-17/h8-9,11H,5-7,10H2,1-4H3,(H,16,18)/b13-9+. The maximum absolute atomic E-state index is 12.6. The van der Waals surface area contributed by atoms with Gasteiger partial charge in [-0.3, -0.25) is 9.59 Å². The highest BCUT2D eigenvalue weighted by atomic mass is 16.5. The van der Waals surface area contributed by atoms with Crippen molar-refractivity contribution in [1.29, 1.82) is 0 Å². The number of ether oxygens (including phenoxy) is 1. The number of allylic oxidation sites excluding steroid dienone is 1. The second-order valence-electron chi connectivity index (χ2n) is 5.79. The van der Waals surface area contributed by atoms with Crippen LogP contribution in [0.15, 0.2) is 23.4 Å². The quantitative estimate of drug-likeness (QED) is 0.483. The first-order valence-corrected chi connectivity index (χ1v) is 6.84. The van der Waals surface area contributed by atoms with E-state index in [1.54, 1.807) is 11.0 Å². The van der Waals surface area contributed by atoms with Crippen LogP contribution in [0.5, 0.6) is 0 Å². The molecule has 0 aromatic carbocycles. The molecule has 0 bridgehead atoms. The molecule has 1 fully saturated rings. The van der Waals surface area contributed by atoms with Gasteiger partial charge in [-0.05, 0) is 40.2 Å². The molecule has 1 heterocycles. The van der Waals surface area contributed by atoms with E-state index in [2.05, 4.69) is 5.32 Å². The van der Waals surface area contributed by atoms with Gasteiger partial charge in [-0.15, -0.1) is 0 Å². The molecule has 112 valence electrons. The van der Waals surface area contributed by atoms with Gasteiger partial charge in [-0.1, -0.05) is 5.57 Å². The smallest absolute Gasteiger partial charge is 0.255 e. The van der Waals surface area contributed by atoms with Crippen molar-refractivity contribution in [1.82, 2.24) is 10.2 Å². The van der Waals surface area contributed by atoms with Gasteiger partial charge in [0, 0.05) is 25.9 Å². The van der Waals surface area contributed by atoms with Crippen molar-refractivity contribution in [3.63, 3.8) is 0 Å². The number of nitrogens with one attached hydrogen (secondary N) is 1. The van der Waals surface area contributed by atoms with Crippen molar-refractivity contribution in [2.75, 3.05) is 19.7 Å². The molecule has 2 amide bonds. The Hall–Kier alpha value is -1.62. The van der Waals surface area contributed by atoms with E-state index >= 15 is 0 Å². The summed E-state index contributed by atoms with van der Waals surface area (Å²) in [6, 6.07) is 0. The first kappa shape index (κ1) is 16.4. The van der Waals surface area contributed by atoms with Gasteiger partial charge in [0.15, 0.2) is 0 Å². The average molecular weight is 280 g/mol. The summed E-state index contributed by atoms with van der Waals surface area (Å²) in [5.41, 5.74) is 1.14. The summed E-state index contributed by atoms with van der Waals surface area (Å²) < 4.78 is 5.71. The predicted molar refractivity (Wildman–Crippen MR) is 77.9 cm³/mol. The predicted octanol–water partition coefficient (Wildman–Crippen LogP) is 1.61. The van der Waals surface area contributed by atoms with Gasteiger partial charge in [0.2, 0.25) is 6.41 Å². The van der Waals surface area contributed by atoms with Crippen molar-refractivity contribution in [3.05, 3.63) is 23.4 Å². The fraction of sp³-hybridized carbons (Fsp3) is 0.600. The second-order valence-corrected chi connectivity index (χ2v) is 5.79. The number of amides is 2. The van der Waals surface area contributed by atoms with Gasteiger partial charge in [0.05, 0.1) is 11.2 Å². The average Bonchev–Trinajstić information content (AvgIpc) is 2.54.